The van der Waals surface area contributed by atoms with Crippen molar-refractivity contribution in [2.75, 3.05) is 19.7 Å². The molecular formula is C22H30N2O6S. The summed E-state index contributed by atoms with van der Waals surface area (Å²) in [5.41, 5.74) is -0.684. The Balaban J connectivity index is 2.34. The summed E-state index contributed by atoms with van der Waals surface area (Å²) in [6.45, 7) is 8.26. The molecule has 0 aliphatic rings. The first kappa shape index (κ1) is 24.6. The van der Waals surface area contributed by atoms with E-state index in [4.69, 9.17) is 9.47 Å². The average molecular weight is 451 g/mol. The number of hydrogen-bond donors (Lipinski definition) is 1. The van der Waals surface area contributed by atoms with E-state index < -0.39 is 33.7 Å². The van der Waals surface area contributed by atoms with Crippen LogP contribution < -0.4 is 5.32 Å². The fourth-order valence-corrected chi connectivity index (χ4v) is 4.83. The molecule has 2 aromatic rings. The second-order valence-corrected chi connectivity index (χ2v) is 9.81. The van der Waals surface area contributed by atoms with Crippen molar-refractivity contribution in [1.29, 1.82) is 0 Å². The Morgan fingerprint density at radius 1 is 1.10 bits per heavy atom. The zero-order valence-corrected chi connectivity index (χ0v) is 19.4. The topological polar surface area (TPSA) is 102 Å². The highest BCUT2D eigenvalue weighted by molar-refractivity contribution is 7.89. The number of nitrogens with zero attached hydrogens (tertiary/aromatic N) is 1. The molecule has 0 aromatic heterocycles. The molecule has 8 nitrogen and oxygen atoms in total. The summed E-state index contributed by atoms with van der Waals surface area (Å²) in [5, 5.41) is 3.85. The first-order valence-electron chi connectivity index (χ1n) is 10.1. The molecule has 0 radical (unpaired) electrons. The van der Waals surface area contributed by atoms with E-state index in [0.717, 1.165) is 9.69 Å². The number of carbonyl (C=O) groups is 2. The Bertz CT molecular complexity index is 1020. The van der Waals surface area contributed by atoms with Crippen molar-refractivity contribution in [3.63, 3.8) is 0 Å². The van der Waals surface area contributed by atoms with Crippen LogP contribution in [0.25, 0.3) is 10.8 Å². The summed E-state index contributed by atoms with van der Waals surface area (Å²) in [6, 6.07) is 11.0. The molecule has 1 amide bonds. The number of fused-ring (bicyclic) bond motifs is 1. The minimum absolute atomic E-state index is 0.0390. The first-order chi connectivity index (χ1) is 14.5. The van der Waals surface area contributed by atoms with E-state index in [1.807, 2.05) is 18.2 Å². The molecular weight excluding hydrogens is 420 g/mol. The van der Waals surface area contributed by atoms with Gasteiger partial charge in [-0.05, 0) is 46.1 Å². The number of hydrogen-bond acceptors (Lipinski definition) is 6. The summed E-state index contributed by atoms with van der Waals surface area (Å²) < 4.78 is 38.4. The lowest BCUT2D eigenvalue weighted by Gasteiger charge is -2.28. The van der Waals surface area contributed by atoms with Gasteiger partial charge in [-0.2, -0.15) is 4.31 Å². The third kappa shape index (κ3) is 6.41. The van der Waals surface area contributed by atoms with Gasteiger partial charge in [-0.1, -0.05) is 36.4 Å². The third-order valence-corrected chi connectivity index (χ3v) is 6.42. The van der Waals surface area contributed by atoms with Crippen LogP contribution >= 0.6 is 0 Å². The minimum atomic E-state index is -4.08. The van der Waals surface area contributed by atoms with Gasteiger partial charge in [0.2, 0.25) is 10.0 Å². The molecule has 1 atom stereocenters. The maximum absolute atomic E-state index is 13.6. The van der Waals surface area contributed by atoms with Crippen LogP contribution in [0.15, 0.2) is 47.4 Å². The lowest BCUT2D eigenvalue weighted by Crippen LogP contribution is -2.47. The van der Waals surface area contributed by atoms with Crippen molar-refractivity contribution in [2.45, 2.75) is 51.2 Å². The van der Waals surface area contributed by atoms with E-state index in [0.29, 0.717) is 5.39 Å². The normalized spacial score (nSPS) is 13.1. The molecule has 31 heavy (non-hydrogen) atoms. The molecule has 9 heteroatoms. The van der Waals surface area contributed by atoms with E-state index in [9.17, 15) is 18.0 Å². The molecule has 0 bridgehead atoms. The summed E-state index contributed by atoms with van der Waals surface area (Å²) in [6.07, 6.45) is -0.668. The fourth-order valence-electron chi connectivity index (χ4n) is 3.03. The van der Waals surface area contributed by atoms with E-state index in [-0.39, 0.29) is 24.6 Å². The largest absolute Gasteiger partial charge is 0.465 e. The standard InChI is InChI=1S/C22H30N2O6S/c1-6-29-20(25)16(2)24(15-14-23-21(26)30-22(3,4)5)31(27,28)19-13-9-11-17-10-7-8-12-18(17)19/h7-13,16H,6,14-15H2,1-5H3,(H,23,26). The molecule has 0 saturated carbocycles. The zero-order chi connectivity index (χ0) is 23.2. The van der Waals surface area contributed by atoms with E-state index in [1.165, 1.54) is 13.0 Å². The van der Waals surface area contributed by atoms with Gasteiger partial charge in [0.1, 0.15) is 11.6 Å². The lowest BCUT2D eigenvalue weighted by atomic mass is 10.1. The molecule has 170 valence electrons. The van der Waals surface area contributed by atoms with Crippen LogP contribution in [-0.2, 0) is 24.3 Å². The van der Waals surface area contributed by atoms with Gasteiger partial charge >= 0.3 is 12.1 Å². The monoisotopic (exact) mass is 450 g/mol. The van der Waals surface area contributed by atoms with Gasteiger partial charge in [0.15, 0.2) is 0 Å². The fraction of sp³-hybridized carbons (Fsp3) is 0.455. The third-order valence-electron chi connectivity index (χ3n) is 4.40. The van der Waals surface area contributed by atoms with E-state index >= 15 is 0 Å². The van der Waals surface area contributed by atoms with Crippen LogP contribution in [0.5, 0.6) is 0 Å². The SMILES string of the molecule is CCOC(=O)C(C)N(CCNC(=O)OC(C)(C)C)S(=O)(=O)c1cccc2ccccc12. The summed E-state index contributed by atoms with van der Waals surface area (Å²) in [5.74, 6) is -0.663. The number of alkyl carbamates (subject to hydrolysis) is 1. The molecule has 0 aliphatic heterocycles. The van der Waals surface area contributed by atoms with Crippen molar-refractivity contribution in [3.05, 3.63) is 42.5 Å². The predicted molar refractivity (Wildman–Crippen MR) is 118 cm³/mol. The number of carbonyl (C=O) groups excluding carboxylic acids is 2. The van der Waals surface area contributed by atoms with Crippen LogP contribution in [0.2, 0.25) is 0 Å². The quantitative estimate of drug-likeness (QED) is 0.619. The molecule has 0 aliphatic carbocycles. The number of sulfonamides is 1. The van der Waals surface area contributed by atoms with E-state index in [2.05, 4.69) is 5.32 Å². The molecule has 2 rings (SSSR count). The highest BCUT2D eigenvalue weighted by atomic mass is 32.2. The second kappa shape index (κ2) is 10.1. The molecule has 0 heterocycles. The van der Waals surface area contributed by atoms with Crippen molar-refractivity contribution in [1.82, 2.24) is 9.62 Å². The second-order valence-electron chi connectivity index (χ2n) is 7.95. The Morgan fingerprint density at radius 2 is 1.74 bits per heavy atom. The van der Waals surface area contributed by atoms with Crippen molar-refractivity contribution in [3.8, 4) is 0 Å². The minimum Gasteiger partial charge on any atom is -0.465 e. The molecule has 2 aromatic carbocycles. The molecule has 0 fully saturated rings. The maximum atomic E-state index is 13.6. The van der Waals surface area contributed by atoms with Crippen molar-refractivity contribution >= 4 is 32.9 Å². The summed E-state index contributed by atoms with van der Waals surface area (Å²) >= 11 is 0. The van der Waals surface area contributed by atoms with Gasteiger partial charge in [0.25, 0.3) is 0 Å². The van der Waals surface area contributed by atoms with Crippen LogP contribution in [0.1, 0.15) is 34.6 Å². The highest BCUT2D eigenvalue weighted by Crippen LogP contribution is 2.27. The number of esters is 1. The van der Waals surface area contributed by atoms with Gasteiger partial charge in [-0.3, -0.25) is 4.79 Å². The summed E-state index contributed by atoms with van der Waals surface area (Å²) in [4.78, 5) is 24.4. The first-order valence-corrected chi connectivity index (χ1v) is 11.5. The number of rotatable bonds is 8. The highest BCUT2D eigenvalue weighted by Gasteiger charge is 2.34. The average Bonchev–Trinajstić information content (AvgIpc) is 2.69. The predicted octanol–water partition coefficient (Wildman–Crippen LogP) is 3.31. The maximum Gasteiger partial charge on any atom is 0.407 e. The summed E-state index contributed by atoms with van der Waals surface area (Å²) in [7, 11) is -4.08. The smallest absolute Gasteiger partial charge is 0.407 e. The molecule has 1 N–H and O–H groups in total. The van der Waals surface area contributed by atoms with Crippen molar-refractivity contribution < 1.29 is 27.5 Å². The van der Waals surface area contributed by atoms with Crippen LogP contribution in [0, 0.1) is 0 Å². The number of nitrogens with one attached hydrogen (secondary N) is 1. The van der Waals surface area contributed by atoms with Gasteiger partial charge < -0.3 is 14.8 Å². The van der Waals surface area contributed by atoms with Crippen LogP contribution in [0.3, 0.4) is 0 Å². The van der Waals surface area contributed by atoms with Crippen LogP contribution in [0.4, 0.5) is 4.79 Å². The number of amides is 1. The molecule has 0 spiro atoms. The molecule has 1 unspecified atom stereocenters. The van der Waals surface area contributed by atoms with E-state index in [1.54, 1.807) is 45.9 Å². The van der Waals surface area contributed by atoms with Crippen LogP contribution in [-0.4, -0.2) is 56.1 Å². The van der Waals surface area contributed by atoms with Gasteiger partial charge in [0, 0.05) is 18.5 Å². The van der Waals surface area contributed by atoms with Gasteiger partial charge in [-0.15, -0.1) is 0 Å². The Hall–Kier alpha value is -2.65. The van der Waals surface area contributed by atoms with Crippen molar-refractivity contribution in [2.24, 2.45) is 0 Å². The lowest BCUT2D eigenvalue weighted by molar-refractivity contribution is -0.147. The number of ether oxygens (including phenoxy) is 2. The zero-order valence-electron chi connectivity index (χ0n) is 18.5. The van der Waals surface area contributed by atoms with Gasteiger partial charge in [0.05, 0.1) is 11.5 Å². The Labute approximate surface area is 183 Å². The number of benzene rings is 2. The molecule has 0 saturated heterocycles. The van der Waals surface area contributed by atoms with Gasteiger partial charge in [-0.25, -0.2) is 13.2 Å². The Kier molecular flexibility index (Phi) is 8.02. The Morgan fingerprint density at radius 3 is 2.39 bits per heavy atom.